The van der Waals surface area contributed by atoms with Gasteiger partial charge in [0.25, 0.3) is 5.91 Å². The van der Waals surface area contributed by atoms with Gasteiger partial charge in [-0.1, -0.05) is 17.7 Å². The Hall–Kier alpha value is -3.12. The number of primary amides is 1. The second-order valence-electron chi connectivity index (χ2n) is 5.05. The number of benzene rings is 2. The van der Waals surface area contributed by atoms with Gasteiger partial charge in [-0.25, -0.2) is 4.68 Å². The number of hydrogen-bond donors (Lipinski definition) is 2. The minimum atomic E-state index is -0.518. The normalized spacial score (nSPS) is 10.4. The van der Waals surface area contributed by atoms with Gasteiger partial charge in [0.15, 0.2) is 0 Å². The summed E-state index contributed by atoms with van der Waals surface area (Å²) >= 11 is 5.95. The second-order valence-corrected chi connectivity index (χ2v) is 5.49. The minimum absolute atomic E-state index is 0.310. The Morgan fingerprint density at radius 2 is 1.83 bits per heavy atom. The van der Waals surface area contributed by atoms with Gasteiger partial charge in [-0.15, -0.1) is 0 Å². The molecule has 2 aromatic carbocycles. The standard InChI is InChI=1S/C17H13ClN4O2/c18-13-2-1-3-15(8-13)22-10-12(9-20-22)17(24)21-14-6-4-11(5-7-14)16(19)23/h1-10H,(H2,19,23)(H,21,24). The summed E-state index contributed by atoms with van der Waals surface area (Å²) in [5.41, 5.74) is 7.26. The Bertz CT molecular complexity index is 903. The first kappa shape index (κ1) is 15.8. The van der Waals surface area contributed by atoms with E-state index >= 15 is 0 Å². The molecule has 0 saturated heterocycles. The van der Waals surface area contributed by atoms with Crippen LogP contribution in [0, 0.1) is 0 Å². The molecule has 0 spiro atoms. The van der Waals surface area contributed by atoms with Gasteiger partial charge in [-0.3, -0.25) is 9.59 Å². The van der Waals surface area contributed by atoms with E-state index in [0.717, 1.165) is 5.69 Å². The molecule has 0 aliphatic heterocycles. The predicted molar refractivity (Wildman–Crippen MR) is 91.5 cm³/mol. The van der Waals surface area contributed by atoms with Crippen LogP contribution in [0.2, 0.25) is 5.02 Å². The molecule has 24 heavy (non-hydrogen) atoms. The largest absolute Gasteiger partial charge is 0.366 e. The predicted octanol–water partition coefficient (Wildman–Crippen LogP) is 2.88. The molecule has 1 heterocycles. The fourth-order valence-electron chi connectivity index (χ4n) is 2.12. The second kappa shape index (κ2) is 6.55. The SMILES string of the molecule is NC(=O)c1ccc(NC(=O)c2cnn(-c3cccc(Cl)c3)c2)cc1. The lowest BCUT2D eigenvalue weighted by Gasteiger charge is -2.04. The number of nitrogens with one attached hydrogen (secondary N) is 1. The molecule has 1 aromatic heterocycles. The van der Waals surface area contributed by atoms with Crippen molar-refractivity contribution >= 4 is 29.1 Å². The van der Waals surface area contributed by atoms with E-state index in [9.17, 15) is 9.59 Å². The average molecular weight is 341 g/mol. The summed E-state index contributed by atoms with van der Waals surface area (Å²) in [5.74, 6) is -0.828. The molecule has 0 aliphatic rings. The molecule has 0 saturated carbocycles. The van der Waals surface area contributed by atoms with Crippen LogP contribution in [0.25, 0.3) is 5.69 Å². The fourth-order valence-corrected chi connectivity index (χ4v) is 2.31. The summed E-state index contributed by atoms with van der Waals surface area (Å²) in [7, 11) is 0. The van der Waals surface area contributed by atoms with Gasteiger partial charge in [0, 0.05) is 22.5 Å². The summed E-state index contributed by atoms with van der Waals surface area (Å²) in [6, 6.07) is 13.5. The lowest BCUT2D eigenvalue weighted by Crippen LogP contribution is -2.13. The number of anilines is 1. The molecule has 2 amide bonds. The van der Waals surface area contributed by atoms with Crippen molar-refractivity contribution in [2.45, 2.75) is 0 Å². The highest BCUT2D eigenvalue weighted by Gasteiger charge is 2.10. The van der Waals surface area contributed by atoms with Crippen molar-refractivity contribution in [3.63, 3.8) is 0 Å². The molecule has 0 fully saturated rings. The van der Waals surface area contributed by atoms with Gasteiger partial charge < -0.3 is 11.1 Å². The van der Waals surface area contributed by atoms with Crippen LogP contribution in [-0.4, -0.2) is 21.6 Å². The number of carbonyl (C=O) groups is 2. The summed E-state index contributed by atoms with van der Waals surface area (Å²) in [4.78, 5) is 23.3. The molecule has 3 rings (SSSR count). The zero-order valence-electron chi connectivity index (χ0n) is 12.4. The molecular weight excluding hydrogens is 328 g/mol. The zero-order valence-corrected chi connectivity index (χ0v) is 13.2. The van der Waals surface area contributed by atoms with Gasteiger partial charge in [-0.05, 0) is 42.5 Å². The molecule has 0 bridgehead atoms. The number of halogens is 1. The average Bonchev–Trinajstić information content (AvgIpc) is 3.05. The van der Waals surface area contributed by atoms with Crippen LogP contribution < -0.4 is 11.1 Å². The third-order valence-corrected chi connectivity index (χ3v) is 3.58. The van der Waals surface area contributed by atoms with Gasteiger partial charge in [0.1, 0.15) is 0 Å². The summed E-state index contributed by atoms with van der Waals surface area (Å²) in [5, 5.41) is 7.48. The van der Waals surface area contributed by atoms with Crippen LogP contribution in [-0.2, 0) is 0 Å². The topological polar surface area (TPSA) is 90.0 Å². The van der Waals surface area contributed by atoms with Crippen molar-refractivity contribution in [1.29, 1.82) is 0 Å². The molecule has 3 aromatic rings. The maximum atomic E-state index is 12.3. The Balaban J connectivity index is 1.75. The third-order valence-electron chi connectivity index (χ3n) is 3.34. The van der Waals surface area contributed by atoms with E-state index in [2.05, 4.69) is 10.4 Å². The lowest BCUT2D eigenvalue weighted by atomic mass is 10.2. The fraction of sp³-hybridized carbons (Fsp3) is 0. The van der Waals surface area contributed by atoms with Crippen molar-refractivity contribution in [1.82, 2.24) is 9.78 Å². The van der Waals surface area contributed by atoms with Crippen molar-refractivity contribution in [2.24, 2.45) is 5.73 Å². The number of nitrogens with zero attached hydrogens (tertiary/aromatic N) is 2. The van der Waals surface area contributed by atoms with E-state index in [1.54, 1.807) is 53.3 Å². The van der Waals surface area contributed by atoms with Gasteiger partial charge >= 0.3 is 0 Å². The molecule has 0 aliphatic carbocycles. The quantitative estimate of drug-likeness (QED) is 0.765. The number of carbonyl (C=O) groups excluding carboxylic acids is 2. The van der Waals surface area contributed by atoms with E-state index in [4.69, 9.17) is 17.3 Å². The first-order valence-corrected chi connectivity index (χ1v) is 7.42. The van der Waals surface area contributed by atoms with Crippen molar-refractivity contribution in [2.75, 3.05) is 5.32 Å². The molecule has 0 atom stereocenters. The van der Waals surface area contributed by atoms with E-state index in [0.29, 0.717) is 21.8 Å². The van der Waals surface area contributed by atoms with E-state index in [-0.39, 0.29) is 5.91 Å². The van der Waals surface area contributed by atoms with Crippen molar-refractivity contribution in [3.05, 3.63) is 77.1 Å². The van der Waals surface area contributed by atoms with Crippen LogP contribution in [0.5, 0.6) is 0 Å². The molecule has 0 unspecified atom stereocenters. The Morgan fingerprint density at radius 1 is 1.08 bits per heavy atom. The van der Waals surface area contributed by atoms with Crippen LogP contribution in [0.4, 0.5) is 5.69 Å². The van der Waals surface area contributed by atoms with E-state index in [1.807, 2.05) is 6.07 Å². The highest BCUT2D eigenvalue weighted by atomic mass is 35.5. The molecular formula is C17H13ClN4O2. The van der Waals surface area contributed by atoms with Crippen molar-refractivity contribution in [3.8, 4) is 5.69 Å². The van der Waals surface area contributed by atoms with Gasteiger partial charge in [0.05, 0.1) is 17.4 Å². The van der Waals surface area contributed by atoms with E-state index in [1.165, 1.54) is 6.20 Å². The van der Waals surface area contributed by atoms with Gasteiger partial charge in [0.2, 0.25) is 5.91 Å². The number of aromatic nitrogens is 2. The minimum Gasteiger partial charge on any atom is -0.366 e. The summed E-state index contributed by atoms with van der Waals surface area (Å²) in [6.07, 6.45) is 3.08. The van der Waals surface area contributed by atoms with Crippen LogP contribution >= 0.6 is 11.6 Å². The summed E-state index contributed by atoms with van der Waals surface area (Å²) < 4.78 is 1.57. The number of nitrogens with two attached hydrogens (primary N) is 1. The van der Waals surface area contributed by atoms with Crippen LogP contribution in [0.15, 0.2) is 60.9 Å². The molecule has 3 N–H and O–H groups in total. The van der Waals surface area contributed by atoms with E-state index < -0.39 is 5.91 Å². The molecule has 120 valence electrons. The lowest BCUT2D eigenvalue weighted by molar-refractivity contribution is 0.0998. The number of amides is 2. The van der Waals surface area contributed by atoms with Crippen LogP contribution in [0.3, 0.4) is 0 Å². The van der Waals surface area contributed by atoms with Crippen molar-refractivity contribution < 1.29 is 9.59 Å². The number of rotatable bonds is 4. The Morgan fingerprint density at radius 3 is 2.50 bits per heavy atom. The molecule has 6 nitrogen and oxygen atoms in total. The smallest absolute Gasteiger partial charge is 0.258 e. The Labute approximate surface area is 142 Å². The first-order valence-electron chi connectivity index (χ1n) is 7.05. The van der Waals surface area contributed by atoms with Crippen LogP contribution in [0.1, 0.15) is 20.7 Å². The number of hydrogen-bond acceptors (Lipinski definition) is 3. The maximum absolute atomic E-state index is 12.3. The molecule has 7 heteroatoms. The highest BCUT2D eigenvalue weighted by molar-refractivity contribution is 6.30. The molecule has 0 radical (unpaired) electrons. The zero-order chi connectivity index (χ0) is 17.1. The third kappa shape index (κ3) is 3.44. The Kier molecular flexibility index (Phi) is 4.31. The maximum Gasteiger partial charge on any atom is 0.258 e. The first-order chi connectivity index (χ1) is 11.5. The summed E-state index contributed by atoms with van der Waals surface area (Å²) in [6.45, 7) is 0. The highest BCUT2D eigenvalue weighted by Crippen LogP contribution is 2.16. The van der Waals surface area contributed by atoms with Gasteiger partial charge in [-0.2, -0.15) is 5.10 Å². The monoisotopic (exact) mass is 340 g/mol.